The van der Waals surface area contributed by atoms with E-state index in [1.54, 1.807) is 6.07 Å². The van der Waals surface area contributed by atoms with E-state index in [4.69, 9.17) is 23.1 Å². The minimum absolute atomic E-state index is 0. The topological polar surface area (TPSA) is 249 Å². The number of rotatable bonds is 9. The lowest BCUT2D eigenvalue weighted by molar-refractivity contribution is 0.0972. The lowest BCUT2D eigenvalue weighted by Crippen LogP contribution is -2.41. The average Bonchev–Trinajstić information content (AvgIpc) is 3.63. The Kier molecular flexibility index (Phi) is 12.8. The quantitative estimate of drug-likeness (QED) is 0.109. The molecule has 17 nitrogen and oxygen atoms in total. The lowest BCUT2D eigenvalue weighted by atomic mass is 9.97. The molecule has 5 aromatic heterocycles. The van der Waals surface area contributed by atoms with Crippen molar-refractivity contribution in [1.82, 2.24) is 34.4 Å². The monoisotopic (exact) mass is 919 g/mol. The Morgan fingerprint density at radius 1 is 0.694 bits per heavy atom. The van der Waals surface area contributed by atoms with Gasteiger partial charge < -0.3 is 21.3 Å². The number of hydrogen-bond acceptors (Lipinski definition) is 15. The van der Waals surface area contributed by atoms with Gasteiger partial charge in [0.2, 0.25) is 5.95 Å². The van der Waals surface area contributed by atoms with Crippen LogP contribution in [0.15, 0.2) is 88.9 Å². The molecule has 2 fully saturated rings. The number of sulfonamides is 2. The Balaban J connectivity index is 0.00000123. The molecule has 0 aliphatic carbocycles. The minimum Gasteiger partial charge on any atom is -0.383 e. The second-order valence-corrected chi connectivity index (χ2v) is 20.2. The molecule has 62 heavy (non-hydrogen) atoms. The fraction of sp³-hybridized carbons (Fsp3) is 0.341. The van der Waals surface area contributed by atoms with E-state index in [-0.39, 0.29) is 57.3 Å². The van der Waals surface area contributed by atoms with Crippen LogP contribution in [0.2, 0.25) is 5.15 Å². The first kappa shape index (κ1) is 45.5. The van der Waals surface area contributed by atoms with Crippen LogP contribution >= 0.6 is 11.6 Å². The Morgan fingerprint density at radius 3 is 1.58 bits per heavy atom. The van der Waals surface area contributed by atoms with Crippen molar-refractivity contribution >= 4 is 66.7 Å². The van der Waals surface area contributed by atoms with E-state index in [2.05, 4.69) is 48.2 Å². The summed E-state index contributed by atoms with van der Waals surface area (Å²) in [4.78, 5) is 49.9. The van der Waals surface area contributed by atoms with Crippen LogP contribution in [0.1, 0.15) is 83.7 Å². The number of nitrogens with one attached hydrogen (secondary N) is 2. The third kappa shape index (κ3) is 9.87. The summed E-state index contributed by atoms with van der Waals surface area (Å²) in [7, 11) is -8.48. The van der Waals surface area contributed by atoms with Crippen LogP contribution in [0.5, 0.6) is 0 Å². The van der Waals surface area contributed by atoms with Crippen molar-refractivity contribution in [3.05, 3.63) is 101 Å². The number of halogens is 2. The summed E-state index contributed by atoms with van der Waals surface area (Å²) in [5.41, 5.74) is 11.6. The van der Waals surface area contributed by atoms with E-state index in [1.807, 2.05) is 37.5 Å². The van der Waals surface area contributed by atoms with Crippen molar-refractivity contribution < 1.29 is 39.4 Å². The smallest absolute Gasteiger partial charge is 0.268 e. The highest BCUT2D eigenvalue weighted by atomic mass is 35.5. The average molecular weight is 921 g/mol. The molecule has 7 rings (SSSR count). The van der Waals surface area contributed by atoms with E-state index in [0.29, 0.717) is 47.9 Å². The fourth-order valence-electron chi connectivity index (χ4n) is 7.98. The molecule has 340 valence electrons. The van der Waals surface area contributed by atoms with E-state index in [1.165, 1.54) is 73.1 Å². The first-order chi connectivity index (χ1) is 29.0. The fourth-order valence-corrected chi connectivity index (χ4v) is 10.2. The summed E-state index contributed by atoms with van der Waals surface area (Å²) >= 11 is 6.07. The maximum Gasteiger partial charge on any atom is 0.268 e. The third-order valence-electron chi connectivity index (χ3n) is 10.5. The molecule has 6 N–H and O–H groups in total. The van der Waals surface area contributed by atoms with E-state index < -0.39 is 37.8 Å². The standard InChI is InChI=1S/C23H25FN6O3S.C18H22ClN5O3S.6H2/c1-14-12-23(2,3)30(13-14)21-15(9-10-17(28-21)16-6-4-8-19(24)27-16)22(31)29-34(32,33)18-7-5-11-26-20(18)25;1-11-9-18(2,3)24(10-11)16-12(6-7-14(19)22-16)17(25)23-28(26,27)13-5-4-8-21-15(13)20;;;;;;/h4-11,14H,12-13H2,1-3H3,(H2,25,26)(H,29,31);4-8,11H,9-10H2,1-3H3,(H2,20,21)(H,23,25);6*1H/t14-;11-;;;;;;/m00....../s1. The van der Waals surface area contributed by atoms with Crippen LogP contribution in [-0.4, -0.2) is 77.7 Å². The Morgan fingerprint density at radius 2 is 1.15 bits per heavy atom. The number of hydrogen-bond donors (Lipinski definition) is 4. The van der Waals surface area contributed by atoms with Crippen LogP contribution < -0.4 is 30.7 Å². The van der Waals surface area contributed by atoms with Crippen molar-refractivity contribution in [2.45, 2.75) is 75.3 Å². The third-order valence-corrected chi connectivity index (χ3v) is 13.4. The predicted octanol–water partition coefficient (Wildman–Crippen LogP) is 6.94. The lowest BCUT2D eigenvalue weighted by Gasteiger charge is -2.34. The van der Waals surface area contributed by atoms with Crippen molar-refractivity contribution in [3.8, 4) is 11.4 Å². The molecule has 7 heterocycles. The Labute approximate surface area is 373 Å². The Bertz CT molecular complexity index is 2790. The molecule has 5 aromatic rings. The van der Waals surface area contributed by atoms with Crippen molar-refractivity contribution in [2.24, 2.45) is 11.8 Å². The van der Waals surface area contributed by atoms with Gasteiger partial charge >= 0.3 is 0 Å². The van der Waals surface area contributed by atoms with Gasteiger partial charge in [0.05, 0.1) is 22.5 Å². The normalized spacial score (nSPS) is 18.1. The molecule has 2 aliphatic heterocycles. The molecular formula is C41H59ClFN11O6S2. The van der Waals surface area contributed by atoms with Gasteiger partial charge in [0.25, 0.3) is 31.9 Å². The van der Waals surface area contributed by atoms with Crippen LogP contribution in [0.4, 0.5) is 27.7 Å². The van der Waals surface area contributed by atoms with Gasteiger partial charge in [0, 0.05) is 45.1 Å². The number of anilines is 4. The van der Waals surface area contributed by atoms with Gasteiger partial charge in [-0.2, -0.15) is 4.39 Å². The van der Waals surface area contributed by atoms with Gasteiger partial charge in [-0.25, -0.2) is 51.2 Å². The highest BCUT2D eigenvalue weighted by Crippen LogP contribution is 2.39. The molecular weight excluding hydrogens is 861 g/mol. The van der Waals surface area contributed by atoms with Crippen LogP contribution in [0.25, 0.3) is 11.4 Å². The van der Waals surface area contributed by atoms with Crippen LogP contribution in [-0.2, 0) is 20.0 Å². The number of nitrogens with two attached hydrogens (primary N) is 2. The zero-order valence-corrected chi connectivity index (χ0v) is 37.2. The van der Waals surface area contributed by atoms with Gasteiger partial charge in [-0.3, -0.25) is 9.59 Å². The van der Waals surface area contributed by atoms with Crippen LogP contribution in [0.3, 0.4) is 0 Å². The summed E-state index contributed by atoms with van der Waals surface area (Å²) in [6.07, 6.45) is 4.48. The number of pyridine rings is 5. The summed E-state index contributed by atoms with van der Waals surface area (Å²) < 4.78 is 68.7. The largest absolute Gasteiger partial charge is 0.383 e. The maximum atomic E-state index is 13.7. The van der Waals surface area contributed by atoms with Crippen LogP contribution in [0, 0.1) is 17.8 Å². The number of nitrogen functional groups attached to an aromatic ring is 2. The first-order valence-corrected chi connectivity index (χ1v) is 22.7. The molecule has 0 spiro atoms. The number of aromatic nitrogens is 5. The number of carbonyl (C=O) groups excluding carboxylic acids is 2. The van der Waals surface area contributed by atoms with Gasteiger partial charge in [0.15, 0.2) is 0 Å². The summed E-state index contributed by atoms with van der Waals surface area (Å²) in [6.45, 7) is 13.7. The number of carbonyl (C=O) groups is 2. The molecule has 2 saturated heterocycles. The van der Waals surface area contributed by atoms with Gasteiger partial charge in [-0.05, 0) is 113 Å². The molecule has 21 heteroatoms. The highest BCUT2D eigenvalue weighted by molar-refractivity contribution is 7.90. The molecule has 2 aliphatic rings. The second-order valence-electron chi connectivity index (χ2n) is 16.5. The number of nitrogens with zero attached hydrogens (tertiary/aromatic N) is 7. The summed E-state index contributed by atoms with van der Waals surface area (Å²) in [5.74, 6) is -1.36. The summed E-state index contributed by atoms with van der Waals surface area (Å²) in [6, 6.07) is 15.7. The molecule has 0 bridgehead atoms. The highest BCUT2D eigenvalue weighted by Gasteiger charge is 2.41. The summed E-state index contributed by atoms with van der Waals surface area (Å²) in [5, 5.41) is 0.223. The predicted molar refractivity (Wildman–Crippen MR) is 246 cm³/mol. The van der Waals surface area contributed by atoms with Crippen molar-refractivity contribution in [2.75, 3.05) is 34.4 Å². The zero-order valence-electron chi connectivity index (χ0n) is 34.8. The zero-order chi connectivity index (χ0) is 45.4. The van der Waals surface area contributed by atoms with Gasteiger partial charge in [-0.1, -0.05) is 31.5 Å². The van der Waals surface area contributed by atoms with Crippen molar-refractivity contribution in [3.63, 3.8) is 0 Å². The second kappa shape index (κ2) is 17.4. The van der Waals surface area contributed by atoms with Gasteiger partial charge in [0.1, 0.15) is 38.2 Å². The molecule has 0 aromatic carbocycles. The van der Waals surface area contributed by atoms with E-state index in [9.17, 15) is 30.8 Å². The van der Waals surface area contributed by atoms with Crippen molar-refractivity contribution in [1.29, 1.82) is 0 Å². The molecule has 2 atom stereocenters. The maximum absolute atomic E-state index is 13.7. The Hall–Kier alpha value is -5.99. The van der Waals surface area contributed by atoms with E-state index in [0.717, 1.165) is 12.8 Å². The van der Waals surface area contributed by atoms with E-state index >= 15 is 0 Å². The SMILES string of the molecule is C[C@@H]1CN(c2nc(-c3cccc(F)n3)ccc2C(=O)NS(=O)(=O)c2cccnc2N)C(C)(C)C1.C[C@@H]1CN(c2nc(Cl)ccc2C(=O)NS(=O)(=O)c2cccnc2N)C(C)(C)C1.[HH].[HH].[HH].[HH].[HH].[HH]. The molecule has 0 saturated carbocycles. The first-order valence-electron chi connectivity index (χ1n) is 19.4. The minimum atomic E-state index is -4.28. The molecule has 0 radical (unpaired) electrons. The number of amides is 2. The molecule has 2 amide bonds. The van der Waals surface area contributed by atoms with Gasteiger partial charge in [-0.15, -0.1) is 0 Å². The molecule has 0 unspecified atom stereocenters.